The van der Waals surface area contributed by atoms with Gasteiger partial charge in [-0.3, -0.25) is 14.9 Å². The molecule has 1 N–H and O–H groups in total. The molecule has 0 bridgehead atoms. The number of nitro groups is 1. The number of rotatable bonds is 5. The third-order valence-corrected chi connectivity index (χ3v) is 2.81. The van der Waals surface area contributed by atoms with E-state index in [4.69, 9.17) is 0 Å². The first-order valence-corrected chi connectivity index (χ1v) is 6.45. The molecule has 0 spiro atoms. The molecule has 0 radical (unpaired) electrons. The minimum atomic E-state index is -0.579. The number of carbonyl (C=O) groups is 1. The molecule has 6 heteroatoms. The number of para-hydroxylation sites is 1. The van der Waals surface area contributed by atoms with Gasteiger partial charge in [0.25, 0.3) is 11.6 Å². The Labute approximate surface area is 118 Å². The molecular weight excluding hydrogens is 258 g/mol. The van der Waals surface area contributed by atoms with Crippen LogP contribution in [0.1, 0.15) is 38.1 Å². The molecule has 0 aliphatic heterocycles. The summed E-state index contributed by atoms with van der Waals surface area (Å²) in [5.74, 6) is -0.182. The first-order chi connectivity index (χ1) is 9.34. The Bertz CT molecular complexity index is 526. The van der Waals surface area contributed by atoms with E-state index in [0.717, 1.165) is 5.71 Å². The molecule has 20 heavy (non-hydrogen) atoms. The van der Waals surface area contributed by atoms with Crippen molar-refractivity contribution in [3.8, 4) is 0 Å². The number of nitro benzene ring substituents is 1. The van der Waals surface area contributed by atoms with Crippen LogP contribution in [0, 0.1) is 22.0 Å². The maximum absolute atomic E-state index is 12.0. The molecule has 0 unspecified atom stereocenters. The highest BCUT2D eigenvalue weighted by molar-refractivity contribution is 5.99. The van der Waals surface area contributed by atoms with Crippen LogP contribution < -0.4 is 5.43 Å². The minimum absolute atomic E-state index is 0.00751. The highest BCUT2D eigenvalue weighted by Gasteiger charge is 2.19. The summed E-state index contributed by atoms with van der Waals surface area (Å²) in [4.78, 5) is 22.3. The zero-order valence-electron chi connectivity index (χ0n) is 12.1. The molecular formula is C14H19N3O3. The summed E-state index contributed by atoms with van der Waals surface area (Å²) in [6, 6.07) is 5.81. The van der Waals surface area contributed by atoms with Crippen LogP contribution >= 0.6 is 0 Å². The molecule has 108 valence electrons. The van der Waals surface area contributed by atoms with E-state index < -0.39 is 10.8 Å². The van der Waals surface area contributed by atoms with Gasteiger partial charge in [0, 0.05) is 11.8 Å². The van der Waals surface area contributed by atoms with E-state index in [2.05, 4.69) is 10.5 Å². The molecule has 1 rings (SSSR count). The summed E-state index contributed by atoms with van der Waals surface area (Å²) in [5, 5.41) is 15.0. The molecule has 0 heterocycles. The van der Waals surface area contributed by atoms with Crippen LogP contribution in [0.4, 0.5) is 5.69 Å². The number of hydrogen-bond acceptors (Lipinski definition) is 4. The van der Waals surface area contributed by atoms with Crippen LogP contribution in [0.2, 0.25) is 0 Å². The normalized spacial score (nSPS) is 10.5. The van der Waals surface area contributed by atoms with E-state index in [0.29, 0.717) is 0 Å². The smallest absolute Gasteiger partial charge is 0.267 e. The summed E-state index contributed by atoms with van der Waals surface area (Å²) in [5.41, 5.74) is 3.03. The van der Waals surface area contributed by atoms with E-state index in [1.165, 1.54) is 18.2 Å². The Kier molecular flexibility index (Phi) is 5.37. The second-order valence-electron chi connectivity index (χ2n) is 5.06. The highest BCUT2D eigenvalue weighted by Crippen LogP contribution is 2.17. The number of nitrogens with one attached hydrogen (secondary N) is 1. The van der Waals surface area contributed by atoms with Crippen LogP contribution in [0.15, 0.2) is 29.4 Å². The van der Waals surface area contributed by atoms with Crippen LogP contribution in [-0.2, 0) is 0 Å². The van der Waals surface area contributed by atoms with E-state index in [1.54, 1.807) is 6.07 Å². The monoisotopic (exact) mass is 277 g/mol. The van der Waals surface area contributed by atoms with Crippen molar-refractivity contribution in [2.24, 2.45) is 16.9 Å². The third-order valence-electron chi connectivity index (χ3n) is 2.81. The largest absolute Gasteiger partial charge is 0.282 e. The quantitative estimate of drug-likeness (QED) is 0.510. The van der Waals surface area contributed by atoms with Crippen LogP contribution in [0.25, 0.3) is 0 Å². The van der Waals surface area contributed by atoms with Gasteiger partial charge in [0.2, 0.25) is 0 Å². The van der Waals surface area contributed by atoms with Gasteiger partial charge in [0.05, 0.1) is 4.92 Å². The number of hydrazone groups is 1. The maximum atomic E-state index is 12.0. The van der Waals surface area contributed by atoms with E-state index >= 15 is 0 Å². The fraction of sp³-hybridized carbons (Fsp3) is 0.429. The maximum Gasteiger partial charge on any atom is 0.282 e. The van der Waals surface area contributed by atoms with Crippen molar-refractivity contribution in [2.75, 3.05) is 0 Å². The lowest BCUT2D eigenvalue weighted by Crippen LogP contribution is -2.24. The molecule has 1 amide bonds. The summed E-state index contributed by atoms with van der Waals surface area (Å²) in [7, 11) is 0. The molecule has 0 aliphatic rings. The van der Waals surface area contributed by atoms with E-state index in [-0.39, 0.29) is 23.1 Å². The molecule has 1 aromatic rings. The second-order valence-corrected chi connectivity index (χ2v) is 5.06. The van der Waals surface area contributed by atoms with Gasteiger partial charge in [-0.2, -0.15) is 5.10 Å². The highest BCUT2D eigenvalue weighted by atomic mass is 16.6. The molecule has 0 saturated heterocycles. The van der Waals surface area contributed by atoms with Crippen molar-refractivity contribution >= 4 is 17.3 Å². The first-order valence-electron chi connectivity index (χ1n) is 6.45. The van der Waals surface area contributed by atoms with Crippen LogP contribution in [0.3, 0.4) is 0 Å². The SMILES string of the molecule is CC(C)C(=NNC(=O)c1ccccc1[N+](=O)[O-])C(C)C. The van der Waals surface area contributed by atoms with Crippen LogP contribution in [-0.4, -0.2) is 16.5 Å². The lowest BCUT2D eigenvalue weighted by Gasteiger charge is -2.13. The number of nitrogens with zero attached hydrogens (tertiary/aromatic N) is 2. The topological polar surface area (TPSA) is 84.6 Å². The lowest BCUT2D eigenvalue weighted by molar-refractivity contribution is -0.385. The second kappa shape index (κ2) is 6.79. The van der Waals surface area contributed by atoms with Gasteiger partial charge in [-0.15, -0.1) is 0 Å². The van der Waals surface area contributed by atoms with Gasteiger partial charge in [-0.25, -0.2) is 5.43 Å². The van der Waals surface area contributed by atoms with Gasteiger partial charge in [-0.05, 0) is 17.9 Å². The molecule has 0 fully saturated rings. The standard InChI is InChI=1S/C14H19N3O3/c1-9(2)13(10(3)4)15-16-14(18)11-7-5-6-8-12(11)17(19)20/h5-10H,1-4H3,(H,16,18). The molecule has 6 nitrogen and oxygen atoms in total. The number of amides is 1. The lowest BCUT2D eigenvalue weighted by atomic mass is 9.98. The molecule has 0 saturated carbocycles. The average molecular weight is 277 g/mol. The third kappa shape index (κ3) is 3.88. The van der Waals surface area contributed by atoms with Crippen molar-refractivity contribution < 1.29 is 9.72 Å². The van der Waals surface area contributed by atoms with E-state index in [1.807, 2.05) is 27.7 Å². The Morgan fingerprint density at radius 1 is 1.20 bits per heavy atom. The Morgan fingerprint density at radius 2 is 1.75 bits per heavy atom. The van der Waals surface area contributed by atoms with E-state index in [9.17, 15) is 14.9 Å². The van der Waals surface area contributed by atoms with Crippen molar-refractivity contribution in [1.29, 1.82) is 0 Å². The van der Waals surface area contributed by atoms with Gasteiger partial charge in [0.1, 0.15) is 5.56 Å². The predicted molar refractivity (Wildman–Crippen MR) is 77.7 cm³/mol. The first kappa shape index (κ1) is 15.8. The summed E-state index contributed by atoms with van der Waals surface area (Å²) < 4.78 is 0. The Balaban J connectivity index is 2.98. The average Bonchev–Trinajstić information content (AvgIpc) is 2.37. The van der Waals surface area contributed by atoms with Crippen molar-refractivity contribution in [2.45, 2.75) is 27.7 Å². The predicted octanol–water partition coefficient (Wildman–Crippen LogP) is 2.99. The fourth-order valence-corrected chi connectivity index (χ4v) is 1.93. The fourth-order valence-electron chi connectivity index (χ4n) is 1.93. The van der Waals surface area contributed by atoms with Gasteiger partial charge in [-0.1, -0.05) is 39.8 Å². The summed E-state index contributed by atoms with van der Waals surface area (Å²) >= 11 is 0. The minimum Gasteiger partial charge on any atom is -0.267 e. The zero-order chi connectivity index (χ0) is 15.3. The van der Waals surface area contributed by atoms with Gasteiger partial charge in [0.15, 0.2) is 0 Å². The Morgan fingerprint density at radius 3 is 2.25 bits per heavy atom. The summed E-state index contributed by atoms with van der Waals surface area (Å²) in [6.07, 6.45) is 0. The molecule has 0 aromatic heterocycles. The number of carbonyl (C=O) groups excluding carboxylic acids is 1. The number of benzene rings is 1. The molecule has 0 atom stereocenters. The van der Waals surface area contributed by atoms with Gasteiger partial charge < -0.3 is 0 Å². The molecule has 1 aromatic carbocycles. The summed E-state index contributed by atoms with van der Waals surface area (Å²) in [6.45, 7) is 7.93. The van der Waals surface area contributed by atoms with Gasteiger partial charge >= 0.3 is 0 Å². The van der Waals surface area contributed by atoms with Crippen molar-refractivity contribution in [1.82, 2.24) is 5.43 Å². The Hall–Kier alpha value is -2.24. The number of hydrogen-bond donors (Lipinski definition) is 1. The zero-order valence-corrected chi connectivity index (χ0v) is 12.1. The van der Waals surface area contributed by atoms with Crippen LogP contribution in [0.5, 0.6) is 0 Å². The van der Waals surface area contributed by atoms with Crippen molar-refractivity contribution in [3.63, 3.8) is 0 Å². The molecule has 0 aliphatic carbocycles. The van der Waals surface area contributed by atoms with Crippen molar-refractivity contribution in [3.05, 3.63) is 39.9 Å².